The lowest BCUT2D eigenvalue weighted by Crippen LogP contribution is -2.36. The zero-order chi connectivity index (χ0) is 7.61. The maximum Gasteiger partial charge on any atom is 0.252 e. The molecule has 1 nitrogen and oxygen atoms in total. The molecule has 0 amide bonds. The molecule has 0 saturated heterocycles. The SMILES string of the molecule is NCC1CCCCC1(F)F. The van der Waals surface area contributed by atoms with E-state index in [2.05, 4.69) is 0 Å². The van der Waals surface area contributed by atoms with Crippen molar-refractivity contribution in [2.24, 2.45) is 11.7 Å². The Bertz CT molecular complexity index is 114. The lowest BCUT2D eigenvalue weighted by Gasteiger charge is -2.29. The van der Waals surface area contributed by atoms with Gasteiger partial charge in [0, 0.05) is 18.9 Å². The number of alkyl halides is 2. The van der Waals surface area contributed by atoms with Crippen molar-refractivity contribution in [1.29, 1.82) is 0 Å². The van der Waals surface area contributed by atoms with Gasteiger partial charge < -0.3 is 5.73 Å². The highest BCUT2D eigenvalue weighted by Gasteiger charge is 2.39. The van der Waals surface area contributed by atoms with Crippen LogP contribution in [0.3, 0.4) is 0 Å². The van der Waals surface area contributed by atoms with E-state index in [9.17, 15) is 8.78 Å². The first-order valence-corrected chi connectivity index (χ1v) is 3.74. The molecule has 60 valence electrons. The third-order valence-corrected chi connectivity index (χ3v) is 2.19. The molecule has 1 saturated carbocycles. The van der Waals surface area contributed by atoms with Crippen molar-refractivity contribution < 1.29 is 8.78 Å². The molecule has 0 spiro atoms. The lowest BCUT2D eigenvalue weighted by molar-refractivity contribution is -0.0816. The maximum absolute atomic E-state index is 12.8. The molecule has 10 heavy (non-hydrogen) atoms. The zero-order valence-electron chi connectivity index (χ0n) is 5.95. The van der Waals surface area contributed by atoms with Gasteiger partial charge in [0.1, 0.15) is 0 Å². The Labute approximate surface area is 59.6 Å². The Balaban J connectivity index is 2.51. The summed E-state index contributed by atoms with van der Waals surface area (Å²) >= 11 is 0. The normalized spacial score (nSPS) is 32.1. The quantitative estimate of drug-likeness (QED) is 0.604. The average molecular weight is 149 g/mol. The first-order valence-electron chi connectivity index (χ1n) is 3.74. The minimum Gasteiger partial charge on any atom is -0.330 e. The Morgan fingerprint density at radius 1 is 1.40 bits per heavy atom. The van der Waals surface area contributed by atoms with Crippen LogP contribution in [0.1, 0.15) is 25.7 Å². The highest BCUT2D eigenvalue weighted by molar-refractivity contribution is 4.81. The number of hydrogen-bond acceptors (Lipinski definition) is 1. The summed E-state index contributed by atoms with van der Waals surface area (Å²) in [6.07, 6.45) is 2.21. The van der Waals surface area contributed by atoms with Crippen molar-refractivity contribution in [1.82, 2.24) is 0 Å². The van der Waals surface area contributed by atoms with Crippen LogP contribution in [-0.4, -0.2) is 12.5 Å². The molecule has 1 unspecified atom stereocenters. The molecule has 0 bridgehead atoms. The molecular weight excluding hydrogens is 136 g/mol. The van der Waals surface area contributed by atoms with Gasteiger partial charge in [0.05, 0.1) is 0 Å². The van der Waals surface area contributed by atoms with E-state index in [1.807, 2.05) is 0 Å². The van der Waals surface area contributed by atoms with Crippen LogP contribution in [0, 0.1) is 5.92 Å². The van der Waals surface area contributed by atoms with E-state index < -0.39 is 11.8 Å². The Morgan fingerprint density at radius 3 is 2.50 bits per heavy atom. The van der Waals surface area contributed by atoms with Crippen LogP contribution < -0.4 is 5.73 Å². The van der Waals surface area contributed by atoms with E-state index in [4.69, 9.17) is 5.73 Å². The second kappa shape index (κ2) is 2.82. The van der Waals surface area contributed by atoms with Crippen molar-refractivity contribution in [3.8, 4) is 0 Å². The topological polar surface area (TPSA) is 26.0 Å². The van der Waals surface area contributed by atoms with Crippen molar-refractivity contribution in [2.45, 2.75) is 31.6 Å². The molecule has 0 aromatic heterocycles. The molecule has 1 rings (SSSR count). The van der Waals surface area contributed by atoms with E-state index in [0.29, 0.717) is 12.8 Å². The van der Waals surface area contributed by atoms with E-state index in [0.717, 1.165) is 6.42 Å². The Morgan fingerprint density at radius 2 is 2.10 bits per heavy atom. The molecule has 3 heteroatoms. The smallest absolute Gasteiger partial charge is 0.252 e. The molecule has 0 aliphatic heterocycles. The van der Waals surface area contributed by atoms with Crippen LogP contribution in [0.2, 0.25) is 0 Å². The highest BCUT2D eigenvalue weighted by atomic mass is 19.3. The van der Waals surface area contributed by atoms with Gasteiger partial charge in [-0.2, -0.15) is 0 Å². The first kappa shape index (κ1) is 7.92. The molecule has 2 N–H and O–H groups in total. The molecule has 0 aromatic rings. The van der Waals surface area contributed by atoms with Gasteiger partial charge in [-0.25, -0.2) is 8.78 Å². The van der Waals surface area contributed by atoms with Gasteiger partial charge in [-0.3, -0.25) is 0 Å². The fraction of sp³-hybridized carbons (Fsp3) is 1.00. The summed E-state index contributed by atoms with van der Waals surface area (Å²) in [5.41, 5.74) is 5.20. The minimum absolute atomic E-state index is 0.0366. The van der Waals surface area contributed by atoms with Crippen LogP contribution in [0.4, 0.5) is 8.78 Å². The largest absolute Gasteiger partial charge is 0.330 e. The summed E-state index contributed by atoms with van der Waals surface area (Å²) in [4.78, 5) is 0. The van der Waals surface area contributed by atoms with Crippen LogP contribution >= 0.6 is 0 Å². The van der Waals surface area contributed by atoms with Gasteiger partial charge in [0.25, 0.3) is 5.92 Å². The fourth-order valence-corrected chi connectivity index (χ4v) is 1.46. The lowest BCUT2D eigenvalue weighted by atomic mass is 9.86. The summed E-state index contributed by atoms with van der Waals surface area (Å²) in [6, 6.07) is 0. The van der Waals surface area contributed by atoms with Gasteiger partial charge >= 0.3 is 0 Å². The standard InChI is InChI=1S/C7H13F2N/c8-7(9)4-2-1-3-6(7)5-10/h6H,1-5,10H2. The first-order chi connectivity index (χ1) is 4.67. The van der Waals surface area contributed by atoms with Crippen LogP contribution in [0.5, 0.6) is 0 Å². The number of rotatable bonds is 1. The van der Waals surface area contributed by atoms with Crippen LogP contribution in [-0.2, 0) is 0 Å². The predicted molar refractivity (Wildman–Crippen MR) is 36.0 cm³/mol. The molecule has 1 fully saturated rings. The minimum atomic E-state index is -2.48. The fourth-order valence-electron chi connectivity index (χ4n) is 1.46. The summed E-state index contributed by atoms with van der Waals surface area (Å²) in [5, 5.41) is 0. The van der Waals surface area contributed by atoms with Gasteiger partial charge in [-0.1, -0.05) is 6.42 Å². The summed E-state index contributed by atoms with van der Waals surface area (Å²) in [6.45, 7) is 0.132. The van der Waals surface area contributed by atoms with E-state index >= 15 is 0 Å². The molecule has 1 aliphatic rings. The second-order valence-electron chi connectivity index (χ2n) is 2.94. The molecular formula is C7H13F2N. The third-order valence-electron chi connectivity index (χ3n) is 2.19. The zero-order valence-corrected chi connectivity index (χ0v) is 5.95. The maximum atomic E-state index is 12.8. The Kier molecular flexibility index (Phi) is 2.24. The summed E-state index contributed by atoms with van der Waals surface area (Å²) < 4.78 is 25.6. The van der Waals surface area contributed by atoms with E-state index in [1.165, 1.54) is 0 Å². The van der Waals surface area contributed by atoms with E-state index in [-0.39, 0.29) is 13.0 Å². The molecule has 0 heterocycles. The molecule has 1 aliphatic carbocycles. The second-order valence-corrected chi connectivity index (χ2v) is 2.94. The van der Waals surface area contributed by atoms with Crippen molar-refractivity contribution in [3.05, 3.63) is 0 Å². The third kappa shape index (κ3) is 1.45. The highest BCUT2D eigenvalue weighted by Crippen LogP contribution is 2.37. The van der Waals surface area contributed by atoms with Gasteiger partial charge in [0.2, 0.25) is 0 Å². The monoisotopic (exact) mass is 149 g/mol. The molecule has 1 atom stereocenters. The van der Waals surface area contributed by atoms with E-state index in [1.54, 1.807) is 0 Å². The number of halogens is 2. The van der Waals surface area contributed by atoms with Gasteiger partial charge in [-0.15, -0.1) is 0 Å². The number of hydrogen-bond donors (Lipinski definition) is 1. The molecule has 0 aromatic carbocycles. The summed E-state index contributed by atoms with van der Waals surface area (Å²) in [5.74, 6) is -3.03. The number of nitrogens with two attached hydrogens (primary N) is 1. The predicted octanol–water partition coefficient (Wildman–Crippen LogP) is 1.77. The average Bonchev–Trinajstić information content (AvgIpc) is 1.87. The summed E-state index contributed by atoms with van der Waals surface area (Å²) in [7, 11) is 0. The Hall–Kier alpha value is -0.180. The molecule has 0 radical (unpaired) electrons. The van der Waals surface area contributed by atoms with Gasteiger partial charge in [0.15, 0.2) is 0 Å². The van der Waals surface area contributed by atoms with Crippen LogP contribution in [0.15, 0.2) is 0 Å². The van der Waals surface area contributed by atoms with Gasteiger partial charge in [-0.05, 0) is 12.8 Å². The van der Waals surface area contributed by atoms with Crippen molar-refractivity contribution in [2.75, 3.05) is 6.54 Å². The van der Waals surface area contributed by atoms with Crippen LogP contribution in [0.25, 0.3) is 0 Å². The van der Waals surface area contributed by atoms with Crippen molar-refractivity contribution in [3.63, 3.8) is 0 Å². The van der Waals surface area contributed by atoms with Crippen molar-refractivity contribution >= 4 is 0 Å².